The van der Waals surface area contributed by atoms with Gasteiger partial charge in [0.05, 0.1) is 13.2 Å². The van der Waals surface area contributed by atoms with Crippen LogP contribution in [0.5, 0.6) is 0 Å². The van der Waals surface area contributed by atoms with Gasteiger partial charge in [0.2, 0.25) is 5.91 Å². The van der Waals surface area contributed by atoms with E-state index in [2.05, 4.69) is 14.4 Å². The zero-order valence-electron chi connectivity index (χ0n) is 11.8. The summed E-state index contributed by atoms with van der Waals surface area (Å²) in [7, 11) is 0.768. The number of hydrogen-bond acceptors (Lipinski definition) is 6. The van der Waals surface area contributed by atoms with E-state index in [1.54, 1.807) is 7.11 Å². The van der Waals surface area contributed by atoms with Crippen molar-refractivity contribution in [2.24, 2.45) is 0 Å². The van der Waals surface area contributed by atoms with Crippen molar-refractivity contribution in [3.8, 4) is 0 Å². The number of phosphoric ester groups is 1. The highest BCUT2D eigenvalue weighted by molar-refractivity contribution is 7.48. The van der Waals surface area contributed by atoms with E-state index in [0.717, 1.165) is 19.3 Å². The molecule has 0 aromatic carbocycles. The molecular weight excluding hydrogens is 273 g/mol. The molecule has 0 saturated heterocycles. The van der Waals surface area contributed by atoms with Crippen LogP contribution in [0.4, 0.5) is 0 Å². The van der Waals surface area contributed by atoms with Gasteiger partial charge in [-0.2, -0.15) is 0 Å². The molecule has 0 aromatic heterocycles. The Labute approximate surface area is 114 Å². The fourth-order valence-electron chi connectivity index (χ4n) is 1.27. The minimum Gasteiger partial charge on any atom is -0.384 e. The minimum absolute atomic E-state index is 0.0126. The molecule has 0 bridgehead atoms. The standard InChI is InChI=1S/C11H24NO6P/c1-15-10-7-11(13)12-8-5-4-6-9-18-19(14,16-2)17-3/h4-10H2,1-3H3,(H,12,13). The first-order valence-electron chi connectivity index (χ1n) is 6.19. The van der Waals surface area contributed by atoms with E-state index in [4.69, 9.17) is 9.26 Å². The minimum atomic E-state index is -3.35. The summed E-state index contributed by atoms with van der Waals surface area (Å²) < 4.78 is 30.6. The number of unbranched alkanes of at least 4 members (excludes halogenated alkanes) is 2. The van der Waals surface area contributed by atoms with Crippen molar-refractivity contribution in [1.82, 2.24) is 5.32 Å². The van der Waals surface area contributed by atoms with Gasteiger partial charge >= 0.3 is 7.82 Å². The number of carbonyl (C=O) groups is 1. The van der Waals surface area contributed by atoms with Gasteiger partial charge in [0, 0.05) is 34.3 Å². The number of nitrogens with one attached hydrogen (secondary N) is 1. The Balaban J connectivity index is 3.41. The van der Waals surface area contributed by atoms with Crippen molar-refractivity contribution in [1.29, 1.82) is 0 Å². The molecule has 0 radical (unpaired) electrons. The van der Waals surface area contributed by atoms with Gasteiger partial charge in [0.1, 0.15) is 0 Å². The molecule has 0 unspecified atom stereocenters. The van der Waals surface area contributed by atoms with Crippen LogP contribution < -0.4 is 5.32 Å². The van der Waals surface area contributed by atoms with Crippen molar-refractivity contribution in [3.05, 3.63) is 0 Å². The fraction of sp³-hybridized carbons (Fsp3) is 0.909. The van der Waals surface area contributed by atoms with Gasteiger partial charge in [-0.15, -0.1) is 0 Å². The van der Waals surface area contributed by atoms with E-state index in [-0.39, 0.29) is 5.91 Å². The predicted molar refractivity (Wildman–Crippen MR) is 70.9 cm³/mol. The highest BCUT2D eigenvalue weighted by Crippen LogP contribution is 2.47. The van der Waals surface area contributed by atoms with Gasteiger partial charge in [0.25, 0.3) is 0 Å². The molecule has 114 valence electrons. The molecule has 0 heterocycles. The van der Waals surface area contributed by atoms with Crippen LogP contribution >= 0.6 is 7.82 Å². The smallest absolute Gasteiger partial charge is 0.384 e. The number of rotatable bonds is 12. The van der Waals surface area contributed by atoms with Crippen molar-refractivity contribution in [2.45, 2.75) is 25.7 Å². The van der Waals surface area contributed by atoms with Gasteiger partial charge in [0.15, 0.2) is 0 Å². The summed E-state index contributed by atoms with van der Waals surface area (Å²) in [6.07, 6.45) is 2.81. The largest absolute Gasteiger partial charge is 0.474 e. The van der Waals surface area contributed by atoms with Gasteiger partial charge in [-0.25, -0.2) is 4.57 Å². The lowest BCUT2D eigenvalue weighted by Crippen LogP contribution is -2.25. The molecule has 8 heteroatoms. The third-order valence-electron chi connectivity index (χ3n) is 2.37. The fourth-order valence-corrected chi connectivity index (χ4v) is 1.98. The Morgan fingerprint density at radius 3 is 2.32 bits per heavy atom. The van der Waals surface area contributed by atoms with Gasteiger partial charge in [-0.05, 0) is 19.3 Å². The Bertz CT molecular complexity index is 278. The maximum Gasteiger partial charge on any atom is 0.474 e. The Kier molecular flexibility index (Phi) is 11.1. The van der Waals surface area contributed by atoms with E-state index in [1.165, 1.54) is 14.2 Å². The second-order valence-corrected chi connectivity index (χ2v) is 5.68. The van der Waals surface area contributed by atoms with Crippen molar-refractivity contribution < 1.29 is 27.7 Å². The molecule has 0 aromatic rings. The van der Waals surface area contributed by atoms with Crippen molar-refractivity contribution in [3.63, 3.8) is 0 Å². The van der Waals surface area contributed by atoms with E-state index >= 15 is 0 Å². The van der Waals surface area contributed by atoms with E-state index < -0.39 is 7.82 Å². The van der Waals surface area contributed by atoms with Crippen LogP contribution in [0.25, 0.3) is 0 Å². The molecule has 0 atom stereocenters. The summed E-state index contributed by atoms with van der Waals surface area (Å²) in [5.74, 6) is -0.0126. The average Bonchev–Trinajstić information content (AvgIpc) is 2.43. The molecule has 0 aliphatic carbocycles. The number of ether oxygens (including phenoxy) is 1. The maximum atomic E-state index is 11.5. The van der Waals surface area contributed by atoms with Gasteiger partial charge in [-0.3, -0.25) is 18.4 Å². The predicted octanol–water partition coefficient (Wildman–Crippen LogP) is 1.73. The third-order valence-corrected chi connectivity index (χ3v) is 3.77. The van der Waals surface area contributed by atoms with E-state index in [9.17, 15) is 9.36 Å². The molecule has 0 spiro atoms. The van der Waals surface area contributed by atoms with Crippen LogP contribution in [0.3, 0.4) is 0 Å². The lowest BCUT2D eigenvalue weighted by molar-refractivity contribution is -0.121. The van der Waals surface area contributed by atoms with Crippen LogP contribution in [0.2, 0.25) is 0 Å². The van der Waals surface area contributed by atoms with Crippen molar-refractivity contribution >= 4 is 13.7 Å². The number of phosphoric acid groups is 1. The van der Waals surface area contributed by atoms with E-state index in [1.807, 2.05) is 0 Å². The normalized spacial score (nSPS) is 11.5. The summed E-state index contributed by atoms with van der Waals surface area (Å²) in [4.78, 5) is 11.2. The highest BCUT2D eigenvalue weighted by atomic mass is 31.2. The van der Waals surface area contributed by atoms with Crippen molar-refractivity contribution in [2.75, 3.05) is 41.1 Å². The highest BCUT2D eigenvalue weighted by Gasteiger charge is 2.21. The first-order chi connectivity index (χ1) is 9.08. The number of methoxy groups -OCH3 is 1. The number of hydrogen-bond donors (Lipinski definition) is 1. The molecule has 0 aliphatic heterocycles. The number of amides is 1. The molecule has 0 aliphatic rings. The maximum absolute atomic E-state index is 11.5. The third kappa shape index (κ3) is 10.0. The van der Waals surface area contributed by atoms with Crippen LogP contribution in [-0.4, -0.2) is 47.0 Å². The molecule has 1 amide bonds. The lowest BCUT2D eigenvalue weighted by atomic mass is 10.2. The van der Waals surface area contributed by atoms with Crippen LogP contribution in [0, 0.1) is 0 Å². The first kappa shape index (κ1) is 18.5. The summed E-state index contributed by atoms with van der Waals surface area (Å²) in [6, 6.07) is 0. The molecule has 1 N–H and O–H groups in total. The van der Waals surface area contributed by atoms with Gasteiger partial charge < -0.3 is 10.1 Å². The Morgan fingerprint density at radius 1 is 1.05 bits per heavy atom. The zero-order chi connectivity index (χ0) is 14.6. The first-order valence-corrected chi connectivity index (χ1v) is 7.65. The molecule has 0 fully saturated rings. The summed E-state index contributed by atoms with van der Waals surface area (Å²) in [5.41, 5.74) is 0. The molecule has 7 nitrogen and oxygen atoms in total. The summed E-state index contributed by atoms with van der Waals surface area (Å²) in [5, 5.41) is 2.78. The van der Waals surface area contributed by atoms with Gasteiger partial charge in [-0.1, -0.05) is 0 Å². The summed E-state index contributed by atoms with van der Waals surface area (Å²) in [6.45, 7) is 1.36. The van der Waals surface area contributed by atoms with E-state index in [0.29, 0.717) is 26.2 Å². The van der Waals surface area contributed by atoms with Crippen LogP contribution in [-0.2, 0) is 27.7 Å². The van der Waals surface area contributed by atoms with Crippen LogP contribution in [0.15, 0.2) is 0 Å². The zero-order valence-corrected chi connectivity index (χ0v) is 12.7. The monoisotopic (exact) mass is 297 g/mol. The molecule has 19 heavy (non-hydrogen) atoms. The SMILES string of the molecule is COCCC(=O)NCCCCCOP(=O)(OC)OC. The average molecular weight is 297 g/mol. The van der Waals surface area contributed by atoms with Crippen LogP contribution in [0.1, 0.15) is 25.7 Å². The Hall–Kier alpha value is -0.460. The molecule has 0 rings (SSSR count). The number of carbonyl (C=O) groups excluding carboxylic acids is 1. The quantitative estimate of drug-likeness (QED) is 0.436. The molecule has 0 saturated carbocycles. The molecular formula is C11H24NO6P. The Morgan fingerprint density at radius 2 is 1.74 bits per heavy atom. The summed E-state index contributed by atoms with van der Waals surface area (Å²) >= 11 is 0. The topological polar surface area (TPSA) is 83.1 Å². The second kappa shape index (κ2) is 11.4. The lowest BCUT2D eigenvalue weighted by Gasteiger charge is -2.12. The second-order valence-electron chi connectivity index (χ2n) is 3.80.